The van der Waals surface area contributed by atoms with Crippen molar-refractivity contribution in [3.8, 4) is 11.5 Å². The van der Waals surface area contributed by atoms with Gasteiger partial charge < -0.3 is 14.8 Å². The molecule has 2 atom stereocenters. The molecule has 0 spiro atoms. The van der Waals surface area contributed by atoms with Crippen molar-refractivity contribution in [2.75, 3.05) is 6.61 Å². The van der Waals surface area contributed by atoms with E-state index in [4.69, 9.17) is 9.47 Å². The van der Waals surface area contributed by atoms with Gasteiger partial charge in [0.05, 0.1) is 6.04 Å². The highest BCUT2D eigenvalue weighted by molar-refractivity contribution is 5.81. The zero-order valence-electron chi connectivity index (χ0n) is 16.3. The van der Waals surface area contributed by atoms with Crippen LogP contribution in [-0.4, -0.2) is 24.7 Å². The quantitative estimate of drug-likeness (QED) is 0.766. The third kappa shape index (κ3) is 5.51. The Hall–Kier alpha value is -2.49. The fourth-order valence-electron chi connectivity index (χ4n) is 2.62. The second-order valence-electron chi connectivity index (χ2n) is 6.77. The third-order valence-corrected chi connectivity index (χ3v) is 4.25. The van der Waals surface area contributed by atoms with Crippen LogP contribution in [0.25, 0.3) is 0 Å². The van der Waals surface area contributed by atoms with Crippen molar-refractivity contribution in [3.05, 3.63) is 59.2 Å². The van der Waals surface area contributed by atoms with E-state index in [0.717, 1.165) is 28.2 Å². The van der Waals surface area contributed by atoms with E-state index in [9.17, 15) is 4.79 Å². The smallest absolute Gasteiger partial charge is 0.261 e. The zero-order chi connectivity index (χ0) is 19.1. The van der Waals surface area contributed by atoms with E-state index in [1.165, 1.54) is 0 Å². The van der Waals surface area contributed by atoms with Gasteiger partial charge in [-0.25, -0.2) is 0 Å². The largest absolute Gasteiger partial charge is 0.491 e. The molecule has 2 rings (SSSR count). The molecule has 26 heavy (non-hydrogen) atoms. The Bertz CT molecular complexity index is 742. The predicted molar refractivity (Wildman–Crippen MR) is 105 cm³/mol. The van der Waals surface area contributed by atoms with E-state index in [1.54, 1.807) is 0 Å². The minimum atomic E-state index is -0.517. The topological polar surface area (TPSA) is 47.6 Å². The lowest BCUT2D eigenvalue weighted by molar-refractivity contribution is -0.129. The first-order valence-electron chi connectivity index (χ1n) is 9.13. The number of amides is 1. The molecule has 0 saturated heterocycles. The summed E-state index contributed by atoms with van der Waals surface area (Å²) in [6.07, 6.45) is 0.0846. The highest BCUT2D eigenvalue weighted by Gasteiger charge is 2.21. The molecule has 0 saturated carbocycles. The second kappa shape index (κ2) is 9.27. The SMILES string of the molecule is CC[C@@H](Oc1cc(C)ccc1C)C(=O)N[C@H](C)COc1ccccc1C. The number of hydrogen-bond acceptors (Lipinski definition) is 3. The number of aryl methyl sites for hydroxylation is 3. The molecular weight excluding hydrogens is 326 g/mol. The molecule has 0 aliphatic heterocycles. The Morgan fingerprint density at radius 1 is 1.04 bits per heavy atom. The lowest BCUT2D eigenvalue weighted by atomic mass is 10.1. The van der Waals surface area contributed by atoms with Crippen LogP contribution in [0.5, 0.6) is 11.5 Å². The van der Waals surface area contributed by atoms with Gasteiger partial charge in [-0.05, 0) is 62.9 Å². The molecule has 2 aromatic carbocycles. The zero-order valence-corrected chi connectivity index (χ0v) is 16.3. The molecule has 0 fully saturated rings. The number of carbonyl (C=O) groups excluding carboxylic acids is 1. The Morgan fingerprint density at radius 3 is 2.42 bits per heavy atom. The summed E-state index contributed by atoms with van der Waals surface area (Å²) >= 11 is 0. The van der Waals surface area contributed by atoms with Crippen LogP contribution in [0.3, 0.4) is 0 Å². The van der Waals surface area contributed by atoms with E-state index in [2.05, 4.69) is 5.32 Å². The predicted octanol–water partition coefficient (Wildman–Crippen LogP) is 4.35. The summed E-state index contributed by atoms with van der Waals surface area (Å²) in [5.74, 6) is 1.48. The third-order valence-electron chi connectivity index (χ3n) is 4.25. The molecule has 0 aliphatic rings. The fraction of sp³-hybridized carbons (Fsp3) is 0.409. The van der Waals surface area contributed by atoms with Gasteiger partial charge in [-0.1, -0.05) is 37.3 Å². The summed E-state index contributed by atoms with van der Waals surface area (Å²) in [6.45, 7) is 10.3. The molecule has 1 N–H and O–H groups in total. The van der Waals surface area contributed by atoms with Crippen molar-refractivity contribution in [3.63, 3.8) is 0 Å². The van der Waals surface area contributed by atoms with Crippen LogP contribution in [0.15, 0.2) is 42.5 Å². The maximum atomic E-state index is 12.6. The van der Waals surface area contributed by atoms with Crippen molar-refractivity contribution >= 4 is 5.91 Å². The average Bonchev–Trinajstić information content (AvgIpc) is 2.61. The van der Waals surface area contributed by atoms with E-state index < -0.39 is 6.10 Å². The number of hydrogen-bond donors (Lipinski definition) is 1. The van der Waals surface area contributed by atoms with Gasteiger partial charge >= 0.3 is 0 Å². The Labute approximate surface area is 156 Å². The van der Waals surface area contributed by atoms with Crippen LogP contribution in [0.2, 0.25) is 0 Å². The first-order valence-corrected chi connectivity index (χ1v) is 9.13. The molecule has 0 aliphatic carbocycles. The molecule has 0 heterocycles. The molecule has 0 unspecified atom stereocenters. The van der Waals surface area contributed by atoms with Gasteiger partial charge in [-0.3, -0.25) is 4.79 Å². The van der Waals surface area contributed by atoms with Crippen LogP contribution in [0.4, 0.5) is 0 Å². The summed E-state index contributed by atoms with van der Waals surface area (Å²) in [5, 5.41) is 2.99. The van der Waals surface area contributed by atoms with Gasteiger partial charge in [-0.2, -0.15) is 0 Å². The number of rotatable bonds is 8. The van der Waals surface area contributed by atoms with Crippen molar-refractivity contribution in [2.45, 2.75) is 53.2 Å². The van der Waals surface area contributed by atoms with Crippen molar-refractivity contribution < 1.29 is 14.3 Å². The molecule has 0 aromatic heterocycles. The summed E-state index contributed by atoms with van der Waals surface area (Å²) in [6, 6.07) is 13.8. The van der Waals surface area contributed by atoms with Gasteiger partial charge in [0.25, 0.3) is 5.91 Å². The Morgan fingerprint density at radius 2 is 1.73 bits per heavy atom. The second-order valence-corrected chi connectivity index (χ2v) is 6.77. The molecule has 1 amide bonds. The van der Waals surface area contributed by atoms with E-state index in [-0.39, 0.29) is 11.9 Å². The molecule has 2 aromatic rings. The van der Waals surface area contributed by atoms with Gasteiger partial charge in [-0.15, -0.1) is 0 Å². The number of benzene rings is 2. The normalized spacial score (nSPS) is 13.0. The van der Waals surface area contributed by atoms with Gasteiger partial charge in [0, 0.05) is 0 Å². The molecule has 0 bridgehead atoms. The Balaban J connectivity index is 1.91. The fourth-order valence-corrected chi connectivity index (χ4v) is 2.62. The molecular formula is C22H29NO3. The van der Waals surface area contributed by atoms with Crippen LogP contribution >= 0.6 is 0 Å². The number of para-hydroxylation sites is 1. The van der Waals surface area contributed by atoms with E-state index >= 15 is 0 Å². The highest BCUT2D eigenvalue weighted by atomic mass is 16.5. The van der Waals surface area contributed by atoms with E-state index in [1.807, 2.05) is 77.1 Å². The minimum Gasteiger partial charge on any atom is -0.491 e. The summed E-state index contributed by atoms with van der Waals surface area (Å²) in [5.41, 5.74) is 3.22. The maximum Gasteiger partial charge on any atom is 0.261 e. The van der Waals surface area contributed by atoms with Crippen molar-refractivity contribution in [1.82, 2.24) is 5.32 Å². The summed E-state index contributed by atoms with van der Waals surface area (Å²) in [7, 11) is 0. The Kier molecular flexibility index (Phi) is 7.07. The standard InChI is InChI=1S/C22H29NO3/c1-6-19(26-21-13-15(2)11-12-17(21)4)22(24)23-18(5)14-25-20-10-8-7-9-16(20)3/h7-13,18-19H,6,14H2,1-5H3,(H,23,24)/t18-,19-/m1/s1. The van der Waals surface area contributed by atoms with Gasteiger partial charge in [0.15, 0.2) is 6.10 Å². The lowest BCUT2D eigenvalue weighted by Gasteiger charge is -2.22. The summed E-state index contributed by atoms with van der Waals surface area (Å²) < 4.78 is 11.8. The molecule has 0 radical (unpaired) electrons. The number of ether oxygens (including phenoxy) is 2. The average molecular weight is 355 g/mol. The highest BCUT2D eigenvalue weighted by Crippen LogP contribution is 2.21. The van der Waals surface area contributed by atoms with Gasteiger partial charge in [0.1, 0.15) is 18.1 Å². The van der Waals surface area contributed by atoms with Crippen LogP contribution in [-0.2, 0) is 4.79 Å². The summed E-state index contributed by atoms with van der Waals surface area (Å²) in [4.78, 5) is 12.6. The van der Waals surface area contributed by atoms with Crippen LogP contribution < -0.4 is 14.8 Å². The maximum absolute atomic E-state index is 12.6. The van der Waals surface area contributed by atoms with Crippen molar-refractivity contribution in [1.29, 1.82) is 0 Å². The monoisotopic (exact) mass is 355 g/mol. The first kappa shape index (κ1) is 19.8. The van der Waals surface area contributed by atoms with Gasteiger partial charge in [0.2, 0.25) is 0 Å². The first-order chi connectivity index (χ1) is 12.4. The minimum absolute atomic E-state index is 0.113. The number of carbonyl (C=O) groups is 1. The lowest BCUT2D eigenvalue weighted by Crippen LogP contribution is -2.44. The van der Waals surface area contributed by atoms with Crippen molar-refractivity contribution in [2.24, 2.45) is 0 Å². The molecule has 140 valence electrons. The molecule has 4 heteroatoms. The number of nitrogens with one attached hydrogen (secondary N) is 1. The molecule has 4 nitrogen and oxygen atoms in total. The van der Waals surface area contributed by atoms with Crippen LogP contribution in [0, 0.1) is 20.8 Å². The van der Waals surface area contributed by atoms with Crippen LogP contribution in [0.1, 0.15) is 37.0 Å². The van der Waals surface area contributed by atoms with E-state index in [0.29, 0.717) is 13.0 Å².